The second-order valence-corrected chi connectivity index (χ2v) is 12.4. The minimum Gasteiger partial charge on any atom is -0.352 e. The van der Waals surface area contributed by atoms with Crippen LogP contribution in [0.4, 0.5) is 10.1 Å². The summed E-state index contributed by atoms with van der Waals surface area (Å²) in [5.74, 6) is -1.69. The molecule has 0 radical (unpaired) electrons. The van der Waals surface area contributed by atoms with Gasteiger partial charge in [-0.05, 0) is 67.8 Å². The Hall–Kier alpha value is -3.14. The lowest BCUT2D eigenvalue weighted by Gasteiger charge is -2.32. The van der Waals surface area contributed by atoms with Crippen LogP contribution in [-0.2, 0) is 26.2 Å². The van der Waals surface area contributed by atoms with E-state index >= 15 is 0 Å². The second kappa shape index (κ2) is 13.0. The predicted octanol–water partition coefficient (Wildman–Crippen LogP) is 5.80. The van der Waals surface area contributed by atoms with Crippen molar-refractivity contribution in [2.75, 3.05) is 10.8 Å². The van der Waals surface area contributed by atoms with Gasteiger partial charge in [0.15, 0.2) is 0 Å². The summed E-state index contributed by atoms with van der Waals surface area (Å²) in [5, 5.41) is 3.18. The molecule has 0 aliphatic heterocycles. The van der Waals surface area contributed by atoms with Crippen molar-refractivity contribution in [2.45, 2.75) is 56.1 Å². The summed E-state index contributed by atoms with van der Waals surface area (Å²) in [5.41, 5.74) is 0.679. The molecule has 1 aliphatic rings. The first kappa shape index (κ1) is 29.8. The minimum atomic E-state index is -4.27. The van der Waals surface area contributed by atoms with Gasteiger partial charge in [-0.1, -0.05) is 66.4 Å². The molecule has 1 unspecified atom stereocenters. The van der Waals surface area contributed by atoms with Gasteiger partial charge in [-0.15, -0.1) is 0 Å². The smallest absolute Gasteiger partial charge is 0.264 e. The minimum absolute atomic E-state index is 0.00867. The largest absolute Gasteiger partial charge is 0.352 e. The van der Waals surface area contributed by atoms with Gasteiger partial charge < -0.3 is 10.2 Å². The number of hydrogen-bond donors (Lipinski definition) is 1. The molecule has 40 heavy (non-hydrogen) atoms. The Balaban J connectivity index is 1.69. The number of anilines is 1. The van der Waals surface area contributed by atoms with Crippen molar-refractivity contribution in [1.29, 1.82) is 0 Å². The maximum Gasteiger partial charge on any atom is 0.264 e. The number of rotatable bonds is 10. The number of nitrogens with zero attached hydrogens (tertiary/aromatic N) is 2. The fourth-order valence-corrected chi connectivity index (χ4v) is 6.51. The molecule has 0 heterocycles. The molecule has 1 aliphatic carbocycles. The Labute approximate surface area is 243 Å². The highest BCUT2D eigenvalue weighted by atomic mass is 35.5. The summed E-state index contributed by atoms with van der Waals surface area (Å²) in [6.45, 7) is 0.973. The number of hydrogen-bond acceptors (Lipinski definition) is 4. The van der Waals surface area contributed by atoms with Crippen molar-refractivity contribution in [3.8, 4) is 0 Å². The molecular weight excluding hydrogens is 576 g/mol. The maximum absolute atomic E-state index is 14.0. The first-order valence-corrected chi connectivity index (χ1v) is 15.1. The molecule has 3 aromatic carbocycles. The van der Waals surface area contributed by atoms with E-state index in [1.807, 2.05) is 0 Å². The van der Waals surface area contributed by atoms with E-state index in [0.29, 0.717) is 10.6 Å². The number of amides is 2. The molecule has 2 amide bonds. The van der Waals surface area contributed by atoms with Gasteiger partial charge in [0.2, 0.25) is 11.8 Å². The number of carbonyl (C=O) groups excluding carboxylic acids is 2. The van der Waals surface area contributed by atoms with E-state index in [1.54, 1.807) is 49.4 Å². The first-order valence-electron chi connectivity index (χ1n) is 12.9. The van der Waals surface area contributed by atoms with Gasteiger partial charge in [0.1, 0.15) is 18.4 Å². The van der Waals surface area contributed by atoms with Crippen LogP contribution in [0.5, 0.6) is 0 Å². The van der Waals surface area contributed by atoms with Crippen LogP contribution in [0, 0.1) is 5.82 Å². The Morgan fingerprint density at radius 3 is 2.35 bits per heavy atom. The average Bonchev–Trinajstić information content (AvgIpc) is 3.45. The summed E-state index contributed by atoms with van der Waals surface area (Å²) in [7, 11) is -4.27. The van der Waals surface area contributed by atoms with E-state index in [-0.39, 0.29) is 34.1 Å². The Kier molecular flexibility index (Phi) is 9.71. The van der Waals surface area contributed by atoms with Crippen LogP contribution >= 0.6 is 23.2 Å². The Morgan fingerprint density at radius 2 is 1.70 bits per heavy atom. The van der Waals surface area contributed by atoms with Gasteiger partial charge >= 0.3 is 0 Å². The SMILES string of the molecule is CC(C(=O)NC1CCCC1)N(Cc1cccc(Cl)c1)C(=O)CN(c1ccc(F)c(Cl)c1)S(=O)(=O)c1ccccc1. The Bertz CT molecular complexity index is 1470. The summed E-state index contributed by atoms with van der Waals surface area (Å²) in [4.78, 5) is 28.4. The zero-order valence-corrected chi connectivity index (χ0v) is 24.2. The number of carbonyl (C=O) groups is 2. The molecule has 3 aromatic rings. The van der Waals surface area contributed by atoms with Crippen LogP contribution in [-0.4, -0.2) is 43.8 Å². The van der Waals surface area contributed by atoms with Crippen molar-refractivity contribution < 1.29 is 22.4 Å². The van der Waals surface area contributed by atoms with Crippen molar-refractivity contribution in [3.63, 3.8) is 0 Å². The zero-order valence-electron chi connectivity index (χ0n) is 21.9. The topological polar surface area (TPSA) is 86.8 Å². The van der Waals surface area contributed by atoms with Crippen molar-refractivity contribution in [1.82, 2.24) is 10.2 Å². The monoisotopic (exact) mass is 605 g/mol. The third-order valence-electron chi connectivity index (χ3n) is 6.91. The Morgan fingerprint density at radius 1 is 1.00 bits per heavy atom. The summed E-state index contributed by atoms with van der Waals surface area (Å²) < 4.78 is 42.3. The fourth-order valence-electron chi connectivity index (χ4n) is 4.70. The van der Waals surface area contributed by atoms with Crippen molar-refractivity contribution >= 4 is 50.7 Å². The summed E-state index contributed by atoms with van der Waals surface area (Å²) in [6, 6.07) is 17.0. The highest BCUT2D eigenvalue weighted by Crippen LogP contribution is 2.28. The van der Waals surface area contributed by atoms with Gasteiger partial charge in [0.05, 0.1) is 15.6 Å². The maximum atomic E-state index is 14.0. The molecular formula is C29H30Cl2FN3O4S. The zero-order chi connectivity index (χ0) is 28.9. The van der Waals surface area contributed by atoms with Crippen LogP contribution < -0.4 is 9.62 Å². The van der Waals surface area contributed by atoms with E-state index in [0.717, 1.165) is 42.1 Å². The van der Waals surface area contributed by atoms with Gasteiger partial charge in [-0.25, -0.2) is 12.8 Å². The molecule has 0 bridgehead atoms. The number of sulfonamides is 1. The van der Waals surface area contributed by atoms with Gasteiger partial charge in [-0.2, -0.15) is 0 Å². The van der Waals surface area contributed by atoms with Gasteiger partial charge in [0, 0.05) is 17.6 Å². The highest BCUT2D eigenvalue weighted by molar-refractivity contribution is 7.92. The molecule has 0 spiro atoms. The molecule has 0 aromatic heterocycles. The van der Waals surface area contributed by atoms with Gasteiger partial charge in [0.25, 0.3) is 10.0 Å². The number of halogens is 3. The first-order chi connectivity index (χ1) is 19.1. The molecule has 1 fully saturated rings. The molecule has 1 atom stereocenters. The van der Waals surface area contributed by atoms with E-state index in [9.17, 15) is 22.4 Å². The van der Waals surface area contributed by atoms with Crippen LogP contribution in [0.15, 0.2) is 77.7 Å². The fraction of sp³-hybridized carbons (Fsp3) is 0.310. The van der Waals surface area contributed by atoms with E-state index in [2.05, 4.69) is 5.32 Å². The average molecular weight is 607 g/mol. The second-order valence-electron chi connectivity index (χ2n) is 9.74. The molecule has 0 saturated heterocycles. The molecule has 11 heteroatoms. The summed E-state index contributed by atoms with van der Waals surface area (Å²) >= 11 is 12.2. The molecule has 7 nitrogen and oxygen atoms in total. The normalized spacial score (nSPS) is 14.5. The number of nitrogens with one attached hydrogen (secondary N) is 1. The lowest BCUT2D eigenvalue weighted by molar-refractivity contribution is -0.139. The third-order valence-corrected chi connectivity index (χ3v) is 9.22. The van der Waals surface area contributed by atoms with E-state index in [4.69, 9.17) is 23.2 Å². The predicted molar refractivity (Wildman–Crippen MR) is 154 cm³/mol. The van der Waals surface area contributed by atoms with Crippen molar-refractivity contribution in [2.24, 2.45) is 0 Å². The lowest BCUT2D eigenvalue weighted by atomic mass is 10.1. The van der Waals surface area contributed by atoms with Crippen LogP contribution in [0.2, 0.25) is 10.0 Å². The van der Waals surface area contributed by atoms with Crippen LogP contribution in [0.3, 0.4) is 0 Å². The van der Waals surface area contributed by atoms with Gasteiger partial charge in [-0.3, -0.25) is 13.9 Å². The number of benzene rings is 3. The lowest BCUT2D eigenvalue weighted by Crippen LogP contribution is -2.52. The van der Waals surface area contributed by atoms with Crippen LogP contribution in [0.1, 0.15) is 38.2 Å². The molecule has 1 saturated carbocycles. The van der Waals surface area contributed by atoms with Crippen molar-refractivity contribution in [3.05, 3.63) is 94.2 Å². The van der Waals surface area contributed by atoms with E-state index in [1.165, 1.54) is 23.1 Å². The quantitative estimate of drug-likeness (QED) is 0.316. The van der Waals surface area contributed by atoms with Crippen LogP contribution in [0.25, 0.3) is 0 Å². The summed E-state index contributed by atoms with van der Waals surface area (Å²) in [6.07, 6.45) is 3.79. The molecule has 212 valence electrons. The molecule has 1 N–H and O–H groups in total. The standard InChI is InChI=1S/C29H30Cl2FN3O4S/c1-20(29(37)33-23-10-5-6-11-23)34(18-21-8-7-9-22(30)16-21)28(36)19-35(24-14-15-27(32)26(31)17-24)40(38,39)25-12-3-2-4-13-25/h2-4,7-9,12-17,20,23H,5-6,10-11,18-19H2,1H3,(H,33,37). The highest BCUT2D eigenvalue weighted by Gasteiger charge is 2.33. The third kappa shape index (κ3) is 7.13. The van der Waals surface area contributed by atoms with E-state index < -0.39 is 34.3 Å². The molecule has 4 rings (SSSR count).